The third-order valence-corrected chi connectivity index (χ3v) is 7.50. The quantitative estimate of drug-likeness (QED) is 0.781. The van der Waals surface area contributed by atoms with Crippen LogP contribution in [0.5, 0.6) is 0 Å². The second-order valence-corrected chi connectivity index (χ2v) is 9.59. The van der Waals surface area contributed by atoms with Crippen LogP contribution in [0.25, 0.3) is 0 Å². The molecule has 1 aromatic carbocycles. The number of benzene rings is 1. The fourth-order valence-electron chi connectivity index (χ4n) is 4.00. The molecule has 0 radical (unpaired) electrons. The van der Waals surface area contributed by atoms with Crippen molar-refractivity contribution in [3.8, 4) is 0 Å². The normalized spacial score (nSPS) is 17.8. The van der Waals surface area contributed by atoms with Crippen LogP contribution in [0.1, 0.15) is 47.6 Å². The summed E-state index contributed by atoms with van der Waals surface area (Å²) >= 11 is 0. The molecular formula is C21H27N3O4S. The van der Waals surface area contributed by atoms with Gasteiger partial charge < -0.3 is 14.6 Å². The van der Waals surface area contributed by atoms with Crippen LogP contribution >= 0.6 is 0 Å². The van der Waals surface area contributed by atoms with Crippen molar-refractivity contribution in [2.75, 3.05) is 31.1 Å². The minimum atomic E-state index is -3.63. The highest BCUT2D eigenvalue weighted by Gasteiger charge is 2.32. The molecule has 2 aliphatic heterocycles. The Kier molecular flexibility index (Phi) is 5.65. The molecule has 2 aromatic rings. The van der Waals surface area contributed by atoms with Crippen molar-refractivity contribution in [2.24, 2.45) is 0 Å². The first-order valence-electron chi connectivity index (χ1n) is 10.2. The van der Waals surface area contributed by atoms with Crippen LogP contribution in [0.4, 0.5) is 5.69 Å². The van der Waals surface area contributed by atoms with Crippen molar-refractivity contribution in [3.63, 3.8) is 0 Å². The van der Waals surface area contributed by atoms with E-state index in [2.05, 4.69) is 10.2 Å². The Morgan fingerprint density at radius 2 is 1.72 bits per heavy atom. The van der Waals surface area contributed by atoms with Crippen LogP contribution in [0, 0.1) is 6.92 Å². The van der Waals surface area contributed by atoms with Gasteiger partial charge in [0.2, 0.25) is 10.0 Å². The average molecular weight is 418 g/mol. The number of rotatable bonds is 6. The van der Waals surface area contributed by atoms with Gasteiger partial charge in [-0.1, -0.05) is 0 Å². The average Bonchev–Trinajstić information content (AvgIpc) is 3.48. The fraction of sp³-hybridized carbons (Fsp3) is 0.476. The molecule has 0 aliphatic carbocycles. The van der Waals surface area contributed by atoms with Crippen LogP contribution in [0.15, 0.2) is 39.6 Å². The fourth-order valence-corrected chi connectivity index (χ4v) is 5.75. The molecule has 7 nitrogen and oxygen atoms in total. The minimum absolute atomic E-state index is 0.239. The van der Waals surface area contributed by atoms with E-state index in [0.717, 1.165) is 44.5 Å². The monoisotopic (exact) mass is 417 g/mol. The summed E-state index contributed by atoms with van der Waals surface area (Å²) in [4.78, 5) is 15.0. The number of carbonyl (C=O) groups is 1. The highest BCUT2D eigenvalue weighted by atomic mass is 32.2. The molecule has 2 fully saturated rings. The summed E-state index contributed by atoms with van der Waals surface area (Å²) in [7, 11) is -3.63. The van der Waals surface area contributed by atoms with Gasteiger partial charge in [0.05, 0.1) is 12.2 Å². The second kappa shape index (κ2) is 8.20. The van der Waals surface area contributed by atoms with E-state index in [1.165, 1.54) is 10.4 Å². The molecule has 0 bridgehead atoms. The first-order valence-corrected chi connectivity index (χ1v) is 11.6. The maximum absolute atomic E-state index is 13.3. The standard InChI is InChI=1S/C21H27N3O4S/c1-16-6-8-18(28-16)15-22-21(25)17-7-9-19(23-10-2-3-11-23)20(14-17)29(26,27)24-12-4-5-13-24/h6-9,14H,2-5,10-13,15H2,1H3,(H,22,25). The molecule has 29 heavy (non-hydrogen) atoms. The zero-order valence-electron chi connectivity index (χ0n) is 16.7. The topological polar surface area (TPSA) is 82.9 Å². The number of carbonyl (C=O) groups excluding carboxylic acids is 1. The molecule has 1 N–H and O–H groups in total. The Morgan fingerprint density at radius 3 is 2.38 bits per heavy atom. The van der Waals surface area contributed by atoms with Gasteiger partial charge in [0.1, 0.15) is 16.4 Å². The summed E-state index contributed by atoms with van der Waals surface area (Å²) in [6.07, 6.45) is 3.85. The van der Waals surface area contributed by atoms with Gasteiger partial charge in [0, 0.05) is 31.7 Å². The first kappa shape index (κ1) is 20.0. The van der Waals surface area contributed by atoms with Crippen molar-refractivity contribution in [3.05, 3.63) is 47.4 Å². The molecule has 4 rings (SSSR count). The SMILES string of the molecule is Cc1ccc(CNC(=O)c2ccc(N3CCCC3)c(S(=O)(=O)N3CCCC3)c2)o1. The first-order chi connectivity index (χ1) is 13.9. The number of hydrogen-bond donors (Lipinski definition) is 1. The van der Waals surface area contributed by atoms with E-state index in [1.807, 2.05) is 19.1 Å². The largest absolute Gasteiger partial charge is 0.465 e. The van der Waals surface area contributed by atoms with E-state index >= 15 is 0 Å². The Labute approximate surface area is 171 Å². The van der Waals surface area contributed by atoms with Gasteiger partial charge >= 0.3 is 0 Å². The van der Waals surface area contributed by atoms with Gasteiger partial charge in [0.15, 0.2) is 0 Å². The van der Waals surface area contributed by atoms with Gasteiger partial charge in [-0.15, -0.1) is 0 Å². The molecular weight excluding hydrogens is 390 g/mol. The van der Waals surface area contributed by atoms with E-state index in [-0.39, 0.29) is 17.3 Å². The number of anilines is 1. The molecule has 0 unspecified atom stereocenters. The smallest absolute Gasteiger partial charge is 0.251 e. The number of nitrogens with zero attached hydrogens (tertiary/aromatic N) is 2. The van der Waals surface area contributed by atoms with Gasteiger partial charge in [-0.2, -0.15) is 4.31 Å². The van der Waals surface area contributed by atoms with Crippen LogP contribution < -0.4 is 10.2 Å². The Balaban J connectivity index is 1.62. The van der Waals surface area contributed by atoms with Gasteiger partial charge in [-0.05, 0) is 62.9 Å². The van der Waals surface area contributed by atoms with Gasteiger partial charge in [-0.3, -0.25) is 4.79 Å². The number of amides is 1. The van der Waals surface area contributed by atoms with Crippen molar-refractivity contribution >= 4 is 21.6 Å². The Bertz CT molecular complexity index is 987. The molecule has 8 heteroatoms. The second-order valence-electron chi connectivity index (χ2n) is 7.68. The highest BCUT2D eigenvalue weighted by molar-refractivity contribution is 7.89. The van der Waals surface area contributed by atoms with E-state index in [0.29, 0.717) is 30.1 Å². The molecule has 1 amide bonds. The predicted octanol–water partition coefficient (Wildman–Crippen LogP) is 2.90. The summed E-state index contributed by atoms with van der Waals surface area (Å²) < 4.78 is 33.7. The maximum Gasteiger partial charge on any atom is 0.251 e. The van der Waals surface area contributed by atoms with Crippen LogP contribution in [-0.4, -0.2) is 44.8 Å². The molecule has 156 valence electrons. The predicted molar refractivity (Wildman–Crippen MR) is 110 cm³/mol. The number of nitrogens with one attached hydrogen (secondary N) is 1. The van der Waals surface area contributed by atoms with Crippen molar-refractivity contribution in [2.45, 2.75) is 44.0 Å². The van der Waals surface area contributed by atoms with Crippen molar-refractivity contribution < 1.29 is 17.6 Å². The third-order valence-electron chi connectivity index (χ3n) is 5.57. The lowest BCUT2D eigenvalue weighted by Crippen LogP contribution is -2.31. The van der Waals surface area contributed by atoms with Crippen molar-refractivity contribution in [1.29, 1.82) is 0 Å². The Hall–Kier alpha value is -2.32. The van der Waals surface area contributed by atoms with Crippen LogP contribution in [0.2, 0.25) is 0 Å². The summed E-state index contributed by atoms with van der Waals surface area (Å²) in [5.41, 5.74) is 1.04. The van der Waals surface area contributed by atoms with E-state index in [9.17, 15) is 13.2 Å². The molecule has 3 heterocycles. The number of furan rings is 1. The molecule has 0 spiro atoms. The summed E-state index contributed by atoms with van der Waals surface area (Å²) in [6, 6.07) is 8.67. The molecule has 0 saturated carbocycles. The number of hydrogen-bond acceptors (Lipinski definition) is 5. The van der Waals surface area contributed by atoms with Gasteiger partial charge in [0.25, 0.3) is 5.91 Å². The number of sulfonamides is 1. The van der Waals surface area contributed by atoms with Crippen molar-refractivity contribution in [1.82, 2.24) is 9.62 Å². The summed E-state index contributed by atoms with van der Waals surface area (Å²) in [5.74, 6) is 1.13. The highest BCUT2D eigenvalue weighted by Crippen LogP contribution is 2.32. The molecule has 2 saturated heterocycles. The van der Waals surface area contributed by atoms with Crippen LogP contribution in [-0.2, 0) is 16.6 Å². The maximum atomic E-state index is 13.3. The van der Waals surface area contributed by atoms with E-state index in [4.69, 9.17) is 4.42 Å². The van der Waals surface area contributed by atoms with E-state index < -0.39 is 10.0 Å². The minimum Gasteiger partial charge on any atom is -0.465 e. The number of aryl methyl sites for hydroxylation is 1. The lowest BCUT2D eigenvalue weighted by atomic mass is 10.2. The molecule has 1 aromatic heterocycles. The van der Waals surface area contributed by atoms with E-state index in [1.54, 1.807) is 12.1 Å². The third kappa shape index (κ3) is 4.18. The zero-order valence-corrected chi connectivity index (χ0v) is 17.5. The zero-order chi connectivity index (χ0) is 20.4. The lowest BCUT2D eigenvalue weighted by Gasteiger charge is -2.24. The molecule has 2 aliphatic rings. The van der Waals surface area contributed by atoms with Gasteiger partial charge in [-0.25, -0.2) is 8.42 Å². The molecule has 0 atom stereocenters. The lowest BCUT2D eigenvalue weighted by molar-refractivity contribution is 0.0947. The summed E-state index contributed by atoms with van der Waals surface area (Å²) in [6.45, 7) is 4.86. The van der Waals surface area contributed by atoms with Crippen LogP contribution in [0.3, 0.4) is 0 Å². The summed E-state index contributed by atoms with van der Waals surface area (Å²) in [5, 5.41) is 2.81. The Morgan fingerprint density at radius 1 is 1.03 bits per heavy atom.